The second-order valence-electron chi connectivity index (χ2n) is 3.86. The minimum absolute atomic E-state index is 0.170. The van der Waals surface area contributed by atoms with Crippen molar-refractivity contribution in [1.82, 2.24) is 0 Å². The van der Waals surface area contributed by atoms with E-state index in [9.17, 15) is 9.59 Å². The lowest BCUT2D eigenvalue weighted by Gasteiger charge is -2.16. The van der Waals surface area contributed by atoms with E-state index in [-0.39, 0.29) is 5.75 Å². The summed E-state index contributed by atoms with van der Waals surface area (Å²) < 4.78 is 0. The molecule has 0 bridgehead atoms. The van der Waals surface area contributed by atoms with Crippen LogP contribution in [0.25, 0.3) is 0 Å². The van der Waals surface area contributed by atoms with E-state index in [0.717, 1.165) is 5.57 Å². The van der Waals surface area contributed by atoms with Crippen molar-refractivity contribution in [2.45, 2.75) is 24.3 Å². The number of carbonyl (C=O) groups is 2. The van der Waals surface area contributed by atoms with Crippen LogP contribution in [-0.2, 0) is 9.59 Å². The second-order valence-corrected chi connectivity index (χ2v) is 6.45. The molecule has 0 saturated carbocycles. The maximum atomic E-state index is 10.9. The average Bonchev–Trinajstić information content (AvgIpc) is 2.31. The fourth-order valence-corrected chi connectivity index (χ4v) is 3.48. The van der Waals surface area contributed by atoms with E-state index < -0.39 is 29.3 Å². The molecule has 6 N–H and O–H groups in total. The van der Waals surface area contributed by atoms with Gasteiger partial charge in [-0.2, -0.15) is 0 Å². The largest absolute Gasteiger partial charge is 0.480 e. The molecule has 0 radical (unpaired) electrons. The summed E-state index contributed by atoms with van der Waals surface area (Å²) in [6.45, 7) is 5.45. The van der Waals surface area contributed by atoms with Crippen molar-refractivity contribution >= 4 is 33.5 Å². The summed E-state index contributed by atoms with van der Waals surface area (Å²) in [6.07, 6.45) is 3.32. The van der Waals surface area contributed by atoms with Gasteiger partial charge in [0, 0.05) is 5.75 Å². The summed E-state index contributed by atoms with van der Waals surface area (Å²) >= 11 is 0. The first kappa shape index (κ1) is 18.0. The van der Waals surface area contributed by atoms with Crippen molar-refractivity contribution < 1.29 is 19.8 Å². The Morgan fingerprint density at radius 3 is 2.32 bits per heavy atom. The first-order valence-corrected chi connectivity index (χ1v) is 7.72. The van der Waals surface area contributed by atoms with Crippen LogP contribution in [-0.4, -0.2) is 45.2 Å². The maximum absolute atomic E-state index is 10.9. The first-order valence-electron chi connectivity index (χ1n) is 5.34. The summed E-state index contributed by atoms with van der Waals surface area (Å²) in [4.78, 5) is 21.4. The van der Waals surface area contributed by atoms with Crippen molar-refractivity contribution in [3.05, 3.63) is 24.3 Å². The fraction of sp³-hybridized carbons (Fsp3) is 0.455. The van der Waals surface area contributed by atoms with Crippen LogP contribution in [0.15, 0.2) is 24.3 Å². The highest BCUT2D eigenvalue weighted by Gasteiger charge is 2.23. The molecule has 0 aromatic carbocycles. The van der Waals surface area contributed by atoms with Gasteiger partial charge in [-0.1, -0.05) is 45.9 Å². The van der Waals surface area contributed by atoms with Gasteiger partial charge in [0.2, 0.25) is 0 Å². The molecule has 1 unspecified atom stereocenters. The van der Waals surface area contributed by atoms with Crippen LogP contribution in [0.1, 0.15) is 6.92 Å². The van der Waals surface area contributed by atoms with E-state index in [0.29, 0.717) is 0 Å². The third-order valence-electron chi connectivity index (χ3n) is 1.95. The van der Waals surface area contributed by atoms with E-state index in [1.54, 1.807) is 19.1 Å². The first-order chi connectivity index (χ1) is 8.75. The zero-order valence-electron chi connectivity index (χ0n) is 10.5. The normalized spacial score (nSPS) is 15.9. The van der Waals surface area contributed by atoms with Crippen molar-refractivity contribution in [2.24, 2.45) is 11.5 Å². The molecule has 19 heavy (non-hydrogen) atoms. The molecular formula is C11H18N2O4S2. The van der Waals surface area contributed by atoms with Gasteiger partial charge in [-0.05, 0) is 6.92 Å². The molecule has 0 rings (SSSR count). The lowest BCUT2D eigenvalue weighted by Crippen LogP contribution is -2.39. The van der Waals surface area contributed by atoms with Gasteiger partial charge >= 0.3 is 11.9 Å². The van der Waals surface area contributed by atoms with E-state index >= 15 is 0 Å². The molecule has 0 fully saturated rings. The number of rotatable bonds is 9. The number of hydrogen-bond acceptors (Lipinski definition) is 6. The average molecular weight is 306 g/mol. The van der Waals surface area contributed by atoms with E-state index in [1.165, 1.54) is 21.6 Å². The number of aliphatic carboxylic acids is 2. The number of nitrogens with two attached hydrogens (primary N) is 2. The molecule has 8 heteroatoms. The Labute approximate surface area is 119 Å². The Morgan fingerprint density at radius 2 is 1.89 bits per heavy atom. The fourth-order valence-electron chi connectivity index (χ4n) is 0.874. The zero-order valence-corrected chi connectivity index (χ0v) is 12.1. The van der Waals surface area contributed by atoms with Gasteiger partial charge in [-0.25, -0.2) is 0 Å². The van der Waals surface area contributed by atoms with Crippen LogP contribution >= 0.6 is 21.6 Å². The van der Waals surface area contributed by atoms with Crippen LogP contribution < -0.4 is 11.5 Å². The van der Waals surface area contributed by atoms with Crippen LogP contribution in [0, 0.1) is 0 Å². The van der Waals surface area contributed by atoms with Gasteiger partial charge in [0.15, 0.2) is 0 Å². The summed E-state index contributed by atoms with van der Waals surface area (Å²) in [5, 5.41) is 17.0. The molecule has 0 aliphatic rings. The third-order valence-corrected chi connectivity index (χ3v) is 4.74. The molecule has 0 aliphatic heterocycles. The minimum Gasteiger partial charge on any atom is -0.480 e. The predicted molar refractivity (Wildman–Crippen MR) is 79.0 cm³/mol. The van der Waals surface area contributed by atoms with E-state index in [1.807, 2.05) is 0 Å². The molecule has 0 spiro atoms. The Bertz CT molecular complexity index is 374. The van der Waals surface area contributed by atoms with Gasteiger partial charge in [0.25, 0.3) is 0 Å². The Morgan fingerprint density at radius 1 is 1.32 bits per heavy atom. The molecule has 0 aromatic rings. The lowest BCUT2D eigenvalue weighted by atomic mass is 10.2. The van der Waals surface area contributed by atoms with Crippen LogP contribution in [0.3, 0.4) is 0 Å². The molecular weight excluding hydrogens is 288 g/mol. The molecule has 0 saturated heterocycles. The van der Waals surface area contributed by atoms with Crippen LogP contribution in [0.4, 0.5) is 0 Å². The number of hydrogen-bond donors (Lipinski definition) is 4. The Hall–Kier alpha value is -0.960. The summed E-state index contributed by atoms with van der Waals surface area (Å²) in [5.74, 6) is -2.04. The smallest absolute Gasteiger partial charge is 0.321 e. The molecule has 0 aliphatic carbocycles. The van der Waals surface area contributed by atoms with Gasteiger partial charge in [-0.15, -0.1) is 0 Å². The lowest BCUT2D eigenvalue weighted by molar-refractivity contribution is -0.139. The minimum atomic E-state index is -1.12. The molecule has 0 aromatic heterocycles. The summed E-state index contributed by atoms with van der Waals surface area (Å²) in [6, 6.07) is -2.06. The van der Waals surface area contributed by atoms with Crippen molar-refractivity contribution in [1.29, 1.82) is 0 Å². The van der Waals surface area contributed by atoms with Crippen LogP contribution in [0.2, 0.25) is 0 Å². The van der Waals surface area contributed by atoms with Gasteiger partial charge in [0.05, 0.1) is 5.25 Å². The number of allylic oxidation sites excluding steroid dienone is 2. The molecule has 3 atom stereocenters. The Kier molecular flexibility index (Phi) is 8.57. The third kappa shape index (κ3) is 7.93. The highest BCUT2D eigenvalue weighted by molar-refractivity contribution is 8.77. The SMILES string of the molecule is C=C(C)C=CC(SSC[C@H](N)C(=O)O)[C@H](N)C(=O)O. The second kappa shape index (κ2) is 9.03. The zero-order chi connectivity index (χ0) is 15.0. The van der Waals surface area contributed by atoms with E-state index in [4.69, 9.17) is 21.7 Å². The number of carboxylic acid groups (broad SMARTS) is 2. The van der Waals surface area contributed by atoms with Crippen molar-refractivity contribution in [3.63, 3.8) is 0 Å². The summed E-state index contributed by atoms with van der Waals surface area (Å²) in [7, 11) is 2.37. The maximum Gasteiger partial charge on any atom is 0.321 e. The summed E-state index contributed by atoms with van der Waals surface area (Å²) in [5.41, 5.74) is 11.7. The Balaban J connectivity index is 4.47. The van der Waals surface area contributed by atoms with Crippen molar-refractivity contribution in [3.8, 4) is 0 Å². The quantitative estimate of drug-likeness (QED) is 0.362. The molecule has 6 nitrogen and oxygen atoms in total. The molecule has 0 amide bonds. The van der Waals surface area contributed by atoms with Crippen molar-refractivity contribution in [2.75, 3.05) is 5.75 Å². The van der Waals surface area contributed by atoms with Gasteiger partial charge < -0.3 is 21.7 Å². The molecule has 108 valence electrons. The number of carboxylic acids is 2. The molecule has 0 heterocycles. The predicted octanol–water partition coefficient (Wildman–Crippen LogP) is 0.693. The van der Waals surface area contributed by atoms with Gasteiger partial charge in [0.1, 0.15) is 12.1 Å². The standard InChI is InChI=1S/C11H18N2O4S2/c1-6(2)3-4-8(9(13)11(16)17)19-18-5-7(12)10(14)15/h3-4,7-9H,1,5,12-13H2,2H3,(H,14,15)(H,16,17)/t7-,8?,9-/m0/s1. The monoisotopic (exact) mass is 306 g/mol. The highest BCUT2D eigenvalue weighted by atomic mass is 33.1. The topological polar surface area (TPSA) is 127 Å². The van der Waals surface area contributed by atoms with Gasteiger partial charge in [-0.3, -0.25) is 9.59 Å². The van der Waals surface area contributed by atoms with E-state index in [2.05, 4.69) is 6.58 Å². The highest BCUT2D eigenvalue weighted by Crippen LogP contribution is 2.30. The van der Waals surface area contributed by atoms with Crippen LogP contribution in [0.5, 0.6) is 0 Å².